The summed E-state index contributed by atoms with van der Waals surface area (Å²) in [5.41, 5.74) is 0.403. The van der Waals surface area contributed by atoms with Gasteiger partial charge in [0.05, 0.1) is 5.33 Å². The lowest BCUT2D eigenvalue weighted by Crippen LogP contribution is -2.23. The van der Waals surface area contributed by atoms with Crippen LogP contribution in [0.3, 0.4) is 0 Å². The van der Waals surface area contributed by atoms with E-state index in [2.05, 4.69) is 36.1 Å². The van der Waals surface area contributed by atoms with Gasteiger partial charge < -0.3 is 9.25 Å². The predicted molar refractivity (Wildman–Crippen MR) is 83.8 cm³/mol. The molecular weight excluding hydrogens is 374 g/mol. The summed E-state index contributed by atoms with van der Waals surface area (Å²) in [6.07, 6.45) is 0. The summed E-state index contributed by atoms with van der Waals surface area (Å²) in [4.78, 5) is 28.1. The van der Waals surface area contributed by atoms with Gasteiger partial charge in [-0.05, 0) is 12.1 Å². The Morgan fingerprint density at radius 2 is 2.05 bits per heavy atom. The molecule has 0 aliphatic rings. The van der Waals surface area contributed by atoms with Crippen LogP contribution >= 0.6 is 27.7 Å². The highest BCUT2D eigenvalue weighted by Crippen LogP contribution is 2.23. The smallest absolute Gasteiger partial charge is 0.284 e. The molecule has 2 aromatic rings. The fourth-order valence-electron chi connectivity index (χ4n) is 1.43. The van der Waals surface area contributed by atoms with Gasteiger partial charge in [0.25, 0.3) is 10.3 Å². The van der Waals surface area contributed by atoms with Crippen LogP contribution in [0, 0.1) is 0 Å². The number of hydrogen-bond donors (Lipinski definition) is 0. The minimum absolute atomic E-state index is 0.0232. The van der Waals surface area contributed by atoms with E-state index in [4.69, 9.17) is 4.42 Å². The third-order valence-corrected chi connectivity index (χ3v) is 3.60. The van der Waals surface area contributed by atoms with Gasteiger partial charge in [0, 0.05) is 17.3 Å². The molecule has 0 N–H and O–H groups in total. The SMILES string of the molecule is CO/N=C(/C(=O)CBr)C(=O)Sc1nnc(-c2ccccc2)o1. The highest BCUT2D eigenvalue weighted by Gasteiger charge is 2.24. The highest BCUT2D eigenvalue weighted by molar-refractivity contribution is 9.09. The van der Waals surface area contributed by atoms with Crippen LogP contribution in [0.2, 0.25) is 0 Å². The minimum atomic E-state index is -0.630. The zero-order valence-electron chi connectivity index (χ0n) is 11.4. The topological polar surface area (TPSA) is 94.7 Å². The second-order valence-electron chi connectivity index (χ2n) is 3.81. The number of oxime groups is 1. The van der Waals surface area contributed by atoms with E-state index in [0.29, 0.717) is 11.8 Å². The van der Waals surface area contributed by atoms with Crippen LogP contribution in [0.5, 0.6) is 0 Å². The number of hydrogen-bond acceptors (Lipinski definition) is 8. The molecule has 0 aliphatic heterocycles. The highest BCUT2D eigenvalue weighted by atomic mass is 79.9. The van der Waals surface area contributed by atoms with Crippen molar-refractivity contribution < 1.29 is 18.8 Å². The lowest BCUT2D eigenvalue weighted by molar-refractivity contribution is -0.112. The van der Waals surface area contributed by atoms with Crippen molar-refractivity contribution in [3.63, 3.8) is 0 Å². The molecule has 114 valence electrons. The predicted octanol–water partition coefficient (Wildman–Crippen LogP) is 2.32. The van der Waals surface area contributed by atoms with Crippen LogP contribution in [0.25, 0.3) is 11.5 Å². The van der Waals surface area contributed by atoms with E-state index in [-0.39, 0.29) is 22.2 Å². The van der Waals surface area contributed by atoms with Gasteiger partial charge in [-0.15, -0.1) is 10.2 Å². The zero-order chi connectivity index (χ0) is 15.9. The number of benzene rings is 1. The van der Waals surface area contributed by atoms with Crippen LogP contribution in [-0.4, -0.2) is 39.2 Å². The first-order valence-corrected chi connectivity index (χ1v) is 7.91. The Morgan fingerprint density at radius 1 is 1.32 bits per heavy atom. The number of nitrogens with zero attached hydrogens (tertiary/aromatic N) is 3. The van der Waals surface area contributed by atoms with Crippen LogP contribution in [-0.2, 0) is 14.4 Å². The molecule has 0 saturated heterocycles. The van der Waals surface area contributed by atoms with E-state index in [9.17, 15) is 9.59 Å². The lowest BCUT2D eigenvalue weighted by atomic mass is 10.2. The number of Topliss-reactive ketones (excluding diaryl/α,β-unsaturated/α-hetero) is 1. The molecule has 1 heterocycles. The number of halogens is 1. The van der Waals surface area contributed by atoms with Gasteiger partial charge in [0.1, 0.15) is 7.11 Å². The Balaban J connectivity index is 2.14. The van der Waals surface area contributed by atoms with Crippen molar-refractivity contribution in [1.82, 2.24) is 10.2 Å². The second-order valence-corrected chi connectivity index (χ2v) is 5.29. The van der Waals surface area contributed by atoms with E-state index in [1.165, 1.54) is 7.11 Å². The van der Waals surface area contributed by atoms with E-state index < -0.39 is 10.9 Å². The number of ketones is 1. The molecule has 9 heteroatoms. The number of thioether (sulfide) groups is 1. The molecule has 0 fully saturated rings. The summed E-state index contributed by atoms with van der Waals surface area (Å²) < 4.78 is 5.38. The molecule has 1 aromatic carbocycles. The van der Waals surface area contributed by atoms with Crippen molar-refractivity contribution in [2.75, 3.05) is 12.4 Å². The molecule has 0 saturated carbocycles. The first-order chi connectivity index (χ1) is 10.7. The Kier molecular flexibility index (Phi) is 5.84. The Bertz CT molecular complexity index is 702. The van der Waals surface area contributed by atoms with Crippen molar-refractivity contribution in [3.05, 3.63) is 30.3 Å². The fourth-order valence-corrected chi connectivity index (χ4v) is 2.31. The molecule has 0 atom stereocenters. The minimum Gasteiger partial charge on any atom is -0.411 e. The summed E-state index contributed by atoms with van der Waals surface area (Å²) in [6, 6.07) is 9.12. The Hall–Kier alpha value is -2.00. The van der Waals surface area contributed by atoms with Crippen molar-refractivity contribution in [1.29, 1.82) is 0 Å². The van der Waals surface area contributed by atoms with Gasteiger partial charge in [-0.3, -0.25) is 9.59 Å². The van der Waals surface area contributed by atoms with Gasteiger partial charge in [0.15, 0.2) is 5.78 Å². The first-order valence-electron chi connectivity index (χ1n) is 5.97. The van der Waals surface area contributed by atoms with Gasteiger partial charge in [0.2, 0.25) is 11.6 Å². The van der Waals surface area contributed by atoms with Crippen molar-refractivity contribution in [2.45, 2.75) is 5.22 Å². The first kappa shape index (κ1) is 16.4. The third-order valence-electron chi connectivity index (χ3n) is 2.37. The van der Waals surface area contributed by atoms with Gasteiger partial charge in [-0.1, -0.05) is 39.3 Å². The van der Waals surface area contributed by atoms with Crippen LogP contribution in [0.4, 0.5) is 0 Å². The fraction of sp³-hybridized carbons (Fsp3) is 0.154. The molecule has 0 spiro atoms. The molecule has 7 nitrogen and oxygen atoms in total. The molecule has 0 aliphatic carbocycles. The van der Waals surface area contributed by atoms with Crippen LogP contribution < -0.4 is 0 Å². The molecule has 0 unspecified atom stereocenters. The van der Waals surface area contributed by atoms with Crippen LogP contribution in [0.15, 0.2) is 45.1 Å². The number of aromatic nitrogens is 2. The molecule has 0 radical (unpaired) electrons. The van der Waals surface area contributed by atoms with E-state index in [1.807, 2.05) is 18.2 Å². The summed E-state index contributed by atoms with van der Waals surface area (Å²) in [6.45, 7) is 0. The number of rotatable bonds is 6. The maximum absolute atomic E-state index is 12.0. The zero-order valence-corrected chi connectivity index (χ0v) is 13.8. The summed E-state index contributed by atoms with van der Waals surface area (Å²) in [7, 11) is 1.25. The van der Waals surface area contributed by atoms with Gasteiger partial charge in [-0.25, -0.2) is 0 Å². The Morgan fingerprint density at radius 3 is 2.68 bits per heavy atom. The molecular formula is C13H10BrN3O4S. The molecule has 2 rings (SSSR count). The van der Waals surface area contributed by atoms with Gasteiger partial charge >= 0.3 is 0 Å². The number of alkyl halides is 1. The van der Waals surface area contributed by atoms with E-state index >= 15 is 0 Å². The quantitative estimate of drug-likeness (QED) is 0.248. The third kappa shape index (κ3) is 4.01. The molecule has 1 aromatic heterocycles. The standard InChI is InChI=1S/C13H10BrN3O4S/c1-20-17-10(9(18)7-14)12(19)22-13-16-15-11(21-13)8-5-3-2-4-6-8/h2-6H,7H2,1H3/b17-10-. The Labute approximate surface area is 138 Å². The van der Waals surface area contributed by atoms with Gasteiger partial charge in [-0.2, -0.15) is 0 Å². The van der Waals surface area contributed by atoms with Crippen molar-refractivity contribution >= 4 is 44.3 Å². The summed E-state index contributed by atoms with van der Waals surface area (Å²) >= 11 is 3.59. The molecule has 0 bridgehead atoms. The van der Waals surface area contributed by atoms with Crippen molar-refractivity contribution in [3.8, 4) is 11.5 Å². The monoisotopic (exact) mass is 383 g/mol. The second kappa shape index (κ2) is 7.85. The summed E-state index contributed by atoms with van der Waals surface area (Å²) in [5, 5.41) is 10.4. The maximum Gasteiger partial charge on any atom is 0.284 e. The van der Waals surface area contributed by atoms with Crippen LogP contribution in [0.1, 0.15) is 0 Å². The number of carbonyl (C=O) groups is 2. The molecule has 0 amide bonds. The summed E-state index contributed by atoms with van der Waals surface area (Å²) in [5.74, 6) is -0.213. The van der Waals surface area contributed by atoms with E-state index in [0.717, 1.165) is 5.56 Å². The van der Waals surface area contributed by atoms with Crippen molar-refractivity contribution in [2.24, 2.45) is 5.16 Å². The number of carbonyl (C=O) groups excluding carboxylic acids is 2. The average molecular weight is 384 g/mol. The van der Waals surface area contributed by atoms with E-state index in [1.54, 1.807) is 12.1 Å². The maximum atomic E-state index is 12.0. The molecule has 22 heavy (non-hydrogen) atoms. The average Bonchev–Trinajstić information content (AvgIpc) is 3.01. The normalized spacial score (nSPS) is 11.3. The largest absolute Gasteiger partial charge is 0.411 e. The lowest BCUT2D eigenvalue weighted by Gasteiger charge is -1.99.